The average molecular weight is 352 g/mol. The van der Waals surface area contributed by atoms with Crippen LogP contribution in [0.15, 0.2) is 36.7 Å². The van der Waals surface area contributed by atoms with Crippen LogP contribution in [0.2, 0.25) is 0 Å². The Morgan fingerprint density at radius 2 is 1.81 bits per heavy atom. The topological polar surface area (TPSA) is 76.1 Å². The maximum absolute atomic E-state index is 11.1. The second kappa shape index (κ2) is 10.2. The van der Waals surface area contributed by atoms with Gasteiger partial charge in [0.2, 0.25) is 5.95 Å². The Kier molecular flexibility index (Phi) is 7.59. The Balaban J connectivity index is 1.93. The summed E-state index contributed by atoms with van der Waals surface area (Å²) in [6.07, 6.45) is 4.23. The summed E-state index contributed by atoms with van der Waals surface area (Å²) in [7, 11) is 1.33. The van der Waals surface area contributed by atoms with E-state index < -0.39 is 0 Å². The number of carbonyl (C=O) groups is 1. The Morgan fingerprint density at radius 1 is 1.15 bits per heavy atom. The van der Waals surface area contributed by atoms with E-state index in [1.54, 1.807) is 12.4 Å². The second-order valence-electron chi connectivity index (χ2n) is 5.83. The van der Waals surface area contributed by atoms with Gasteiger partial charge >= 0.3 is 5.97 Å². The molecule has 0 radical (unpaired) electrons. The predicted octanol–water partition coefficient (Wildman–Crippen LogP) is 2.00. The Bertz CT molecular complexity index is 761. The fraction of sp³-hybridized carbons (Fsp3) is 0.350. The van der Waals surface area contributed by atoms with Crippen molar-refractivity contribution in [1.29, 1.82) is 0 Å². The molecule has 1 atom stereocenters. The standard InChI is InChI=1S/C20H24N4O2/c1-4-21-15(2)11-17-8-5-16(6-9-17)7-10-18-12-22-20(23-13-18)24-14-19(25)26-3/h5-6,8-9,12-13,15,21H,4,11,14H2,1-3H3,(H,22,23,24). The van der Waals surface area contributed by atoms with Gasteiger partial charge in [0.25, 0.3) is 0 Å². The molecule has 6 heteroatoms. The van der Waals surface area contributed by atoms with E-state index >= 15 is 0 Å². The van der Waals surface area contributed by atoms with E-state index in [1.165, 1.54) is 12.7 Å². The van der Waals surface area contributed by atoms with Crippen LogP contribution >= 0.6 is 0 Å². The van der Waals surface area contributed by atoms with Crippen molar-refractivity contribution >= 4 is 11.9 Å². The first-order valence-corrected chi connectivity index (χ1v) is 8.57. The summed E-state index contributed by atoms with van der Waals surface area (Å²) < 4.78 is 4.54. The molecule has 0 saturated carbocycles. The normalized spacial score (nSPS) is 11.2. The molecule has 2 rings (SSSR count). The van der Waals surface area contributed by atoms with E-state index in [2.05, 4.69) is 63.2 Å². The highest BCUT2D eigenvalue weighted by molar-refractivity contribution is 5.73. The van der Waals surface area contributed by atoms with Gasteiger partial charge in [0, 0.05) is 24.0 Å². The van der Waals surface area contributed by atoms with E-state index in [-0.39, 0.29) is 12.5 Å². The molecule has 2 N–H and O–H groups in total. The summed E-state index contributed by atoms with van der Waals surface area (Å²) in [5.74, 6) is 6.13. The Morgan fingerprint density at radius 3 is 2.42 bits per heavy atom. The van der Waals surface area contributed by atoms with Crippen molar-refractivity contribution in [3.63, 3.8) is 0 Å². The number of methoxy groups -OCH3 is 1. The molecule has 136 valence electrons. The molecule has 1 aromatic heterocycles. The number of nitrogens with zero attached hydrogens (tertiary/aromatic N) is 2. The molecular formula is C20H24N4O2. The molecule has 1 heterocycles. The Hall–Kier alpha value is -2.91. The highest BCUT2D eigenvalue weighted by Crippen LogP contribution is 2.07. The van der Waals surface area contributed by atoms with Gasteiger partial charge < -0.3 is 15.4 Å². The highest BCUT2D eigenvalue weighted by atomic mass is 16.5. The van der Waals surface area contributed by atoms with Gasteiger partial charge in [-0.15, -0.1) is 0 Å². The molecule has 0 aliphatic rings. The Labute approximate surface area is 154 Å². The van der Waals surface area contributed by atoms with Crippen LogP contribution in [-0.2, 0) is 16.0 Å². The number of aromatic nitrogens is 2. The third-order valence-corrected chi connectivity index (χ3v) is 3.67. The minimum atomic E-state index is -0.374. The van der Waals surface area contributed by atoms with Crippen LogP contribution in [0.4, 0.5) is 5.95 Å². The van der Waals surface area contributed by atoms with Crippen molar-refractivity contribution < 1.29 is 9.53 Å². The lowest BCUT2D eigenvalue weighted by atomic mass is 10.1. The van der Waals surface area contributed by atoms with E-state index in [0.717, 1.165) is 18.5 Å². The SMILES string of the molecule is CCNC(C)Cc1ccc(C#Cc2cnc(NCC(=O)OC)nc2)cc1. The molecule has 0 saturated heterocycles. The van der Waals surface area contributed by atoms with Crippen molar-refractivity contribution in [3.05, 3.63) is 53.3 Å². The predicted molar refractivity (Wildman–Crippen MR) is 102 cm³/mol. The molecule has 0 aliphatic heterocycles. The summed E-state index contributed by atoms with van der Waals surface area (Å²) >= 11 is 0. The van der Waals surface area contributed by atoms with Gasteiger partial charge in [-0.25, -0.2) is 9.97 Å². The van der Waals surface area contributed by atoms with E-state index in [9.17, 15) is 4.79 Å². The van der Waals surface area contributed by atoms with Gasteiger partial charge in [-0.2, -0.15) is 0 Å². The van der Waals surface area contributed by atoms with Crippen molar-refractivity contribution in [1.82, 2.24) is 15.3 Å². The van der Waals surface area contributed by atoms with Crippen LogP contribution in [0.25, 0.3) is 0 Å². The summed E-state index contributed by atoms with van der Waals surface area (Å²) in [4.78, 5) is 19.3. The average Bonchev–Trinajstić information content (AvgIpc) is 2.66. The molecule has 6 nitrogen and oxygen atoms in total. The minimum Gasteiger partial charge on any atom is -0.468 e. The van der Waals surface area contributed by atoms with E-state index in [4.69, 9.17) is 0 Å². The molecule has 1 unspecified atom stereocenters. The van der Waals surface area contributed by atoms with Crippen LogP contribution in [0, 0.1) is 11.8 Å². The maximum atomic E-state index is 11.1. The van der Waals surface area contributed by atoms with Crippen molar-refractivity contribution in [2.45, 2.75) is 26.3 Å². The van der Waals surface area contributed by atoms with Gasteiger partial charge in [-0.3, -0.25) is 4.79 Å². The first kappa shape index (κ1) is 19.4. The number of carbonyl (C=O) groups excluding carboxylic acids is 1. The molecule has 0 aliphatic carbocycles. The lowest BCUT2D eigenvalue weighted by Crippen LogP contribution is -2.27. The molecule has 26 heavy (non-hydrogen) atoms. The zero-order valence-corrected chi connectivity index (χ0v) is 15.4. The number of benzene rings is 1. The van der Waals surface area contributed by atoms with Gasteiger partial charge in [0.15, 0.2) is 0 Å². The van der Waals surface area contributed by atoms with Gasteiger partial charge in [0.05, 0.1) is 12.7 Å². The number of hydrogen-bond acceptors (Lipinski definition) is 6. The van der Waals surface area contributed by atoms with Crippen molar-refractivity contribution in [3.8, 4) is 11.8 Å². The van der Waals surface area contributed by atoms with Crippen LogP contribution < -0.4 is 10.6 Å². The van der Waals surface area contributed by atoms with Crippen LogP contribution in [0.1, 0.15) is 30.5 Å². The number of likely N-dealkylation sites (N-methyl/N-ethyl adjacent to an activating group) is 1. The summed E-state index contributed by atoms with van der Waals surface area (Å²) in [6.45, 7) is 5.30. The van der Waals surface area contributed by atoms with Crippen LogP contribution in [-0.4, -0.2) is 42.2 Å². The zero-order chi connectivity index (χ0) is 18.8. The fourth-order valence-electron chi connectivity index (χ4n) is 2.35. The molecule has 0 bridgehead atoms. The number of esters is 1. The van der Waals surface area contributed by atoms with Gasteiger partial charge in [-0.1, -0.05) is 30.9 Å². The smallest absolute Gasteiger partial charge is 0.325 e. The van der Waals surface area contributed by atoms with Gasteiger partial charge in [0.1, 0.15) is 6.54 Å². The molecule has 1 aromatic carbocycles. The summed E-state index contributed by atoms with van der Waals surface area (Å²) in [6, 6.07) is 8.71. The molecule has 0 spiro atoms. The first-order chi connectivity index (χ1) is 12.6. The van der Waals surface area contributed by atoms with E-state index in [1.807, 2.05) is 12.1 Å². The zero-order valence-electron chi connectivity index (χ0n) is 15.4. The lowest BCUT2D eigenvalue weighted by Gasteiger charge is -2.11. The lowest BCUT2D eigenvalue weighted by molar-refractivity contribution is -0.138. The number of nitrogens with one attached hydrogen (secondary N) is 2. The number of hydrogen-bond donors (Lipinski definition) is 2. The third-order valence-electron chi connectivity index (χ3n) is 3.67. The number of rotatable bonds is 7. The molecule has 0 fully saturated rings. The van der Waals surface area contributed by atoms with Crippen molar-refractivity contribution in [2.75, 3.05) is 25.5 Å². The fourth-order valence-corrected chi connectivity index (χ4v) is 2.35. The maximum Gasteiger partial charge on any atom is 0.325 e. The van der Waals surface area contributed by atoms with Gasteiger partial charge in [-0.05, 0) is 37.6 Å². The number of anilines is 1. The van der Waals surface area contributed by atoms with Crippen LogP contribution in [0.5, 0.6) is 0 Å². The van der Waals surface area contributed by atoms with Crippen molar-refractivity contribution in [2.24, 2.45) is 0 Å². The summed E-state index contributed by atoms with van der Waals surface area (Å²) in [5, 5.41) is 6.18. The first-order valence-electron chi connectivity index (χ1n) is 8.57. The quantitative estimate of drug-likeness (QED) is 0.586. The molecular weight excluding hydrogens is 328 g/mol. The largest absolute Gasteiger partial charge is 0.468 e. The van der Waals surface area contributed by atoms with Crippen LogP contribution in [0.3, 0.4) is 0 Å². The minimum absolute atomic E-state index is 0.0280. The second-order valence-corrected chi connectivity index (χ2v) is 5.83. The summed E-state index contributed by atoms with van der Waals surface area (Å²) in [5.41, 5.74) is 2.93. The molecule has 2 aromatic rings. The third kappa shape index (κ3) is 6.54. The monoisotopic (exact) mass is 352 g/mol. The molecule has 0 amide bonds. The number of ether oxygens (including phenoxy) is 1. The van der Waals surface area contributed by atoms with E-state index in [0.29, 0.717) is 17.6 Å². The highest BCUT2D eigenvalue weighted by Gasteiger charge is 2.02.